The summed E-state index contributed by atoms with van der Waals surface area (Å²) in [5, 5.41) is 0. The van der Waals surface area contributed by atoms with E-state index >= 15 is 0 Å². The molecule has 0 radical (unpaired) electrons. The lowest BCUT2D eigenvalue weighted by molar-refractivity contribution is 1.49. The summed E-state index contributed by atoms with van der Waals surface area (Å²) in [6, 6.07) is 0. The van der Waals surface area contributed by atoms with E-state index in [1.807, 2.05) is 71.9 Å². The van der Waals surface area contributed by atoms with Crippen LogP contribution in [0.1, 0.15) is 41.5 Å². The van der Waals surface area contributed by atoms with Crippen LogP contribution in [-0.4, -0.2) is 0 Å². The molecule has 0 aliphatic rings. The summed E-state index contributed by atoms with van der Waals surface area (Å²) in [5.41, 5.74) is 3.10. The first-order chi connectivity index (χ1) is 8.61. The van der Waals surface area contributed by atoms with Crippen LogP contribution in [0.2, 0.25) is 0 Å². The fourth-order valence-corrected chi connectivity index (χ4v) is 0.899. The van der Waals surface area contributed by atoms with E-state index in [4.69, 9.17) is 0 Å². The molecule has 0 aliphatic carbocycles. The average molecular weight is 246 g/mol. The Bertz CT molecular complexity index is 309. The third kappa shape index (κ3) is 14.4. The Balaban J connectivity index is -0.000000506. The highest BCUT2D eigenvalue weighted by molar-refractivity contribution is 5.45. The van der Waals surface area contributed by atoms with Gasteiger partial charge in [0.1, 0.15) is 0 Å². The van der Waals surface area contributed by atoms with Gasteiger partial charge in [0.05, 0.1) is 0 Å². The number of rotatable bonds is 5. The van der Waals surface area contributed by atoms with Crippen molar-refractivity contribution in [2.24, 2.45) is 0 Å². The maximum atomic E-state index is 3.97. The molecule has 0 aromatic heterocycles. The molecule has 0 heteroatoms. The van der Waals surface area contributed by atoms with Crippen molar-refractivity contribution in [1.82, 2.24) is 0 Å². The van der Waals surface area contributed by atoms with Crippen LogP contribution in [0.4, 0.5) is 0 Å². The van der Waals surface area contributed by atoms with Gasteiger partial charge in [-0.1, -0.05) is 89.5 Å². The van der Waals surface area contributed by atoms with Gasteiger partial charge < -0.3 is 0 Å². The molecule has 0 aliphatic heterocycles. The highest BCUT2D eigenvalue weighted by Crippen LogP contribution is 2.11. The van der Waals surface area contributed by atoms with Crippen LogP contribution in [0.3, 0.4) is 0 Å². The molecule has 0 rings (SSSR count). The smallest absolute Gasteiger partial charge is 0.0233 e. The lowest BCUT2D eigenvalue weighted by Crippen LogP contribution is -1.80. The minimum Gasteiger partial charge on any atom is -0.0991 e. The Morgan fingerprint density at radius 2 is 1.39 bits per heavy atom. The summed E-state index contributed by atoms with van der Waals surface area (Å²) in [7, 11) is 0. The fourth-order valence-electron chi connectivity index (χ4n) is 0.899. The van der Waals surface area contributed by atoms with Crippen LogP contribution in [0, 0.1) is 0 Å². The standard InChI is InChI=1S/C14H18.2C2H6/c1-6-8-9-14(7-2)13(5)11-10-12(3)4;2*1-2/h6-11H,1,3,5H2,2,4H3;2*1-2H3/b9-8-,11-10-,14-7+;;. The third-order valence-corrected chi connectivity index (χ3v) is 1.66. The third-order valence-electron chi connectivity index (χ3n) is 1.66. The normalized spacial score (nSPS) is 10.2. The molecule has 0 fully saturated rings. The molecule has 102 valence electrons. The van der Waals surface area contributed by atoms with Crippen LogP contribution >= 0.6 is 0 Å². The first kappa shape index (κ1) is 21.7. The van der Waals surface area contributed by atoms with Crippen molar-refractivity contribution in [3.05, 3.63) is 72.9 Å². The van der Waals surface area contributed by atoms with Crippen LogP contribution in [0.25, 0.3) is 0 Å². The minimum absolute atomic E-state index is 0.980. The molecule has 0 aromatic carbocycles. The quantitative estimate of drug-likeness (QED) is 0.491. The summed E-state index contributed by atoms with van der Waals surface area (Å²) in [6.07, 6.45) is 11.6. The minimum atomic E-state index is 0.980. The number of hydrogen-bond donors (Lipinski definition) is 0. The molecular weight excluding hydrogens is 216 g/mol. The van der Waals surface area contributed by atoms with Crippen LogP contribution in [0.15, 0.2) is 72.9 Å². The van der Waals surface area contributed by atoms with Gasteiger partial charge in [0.2, 0.25) is 0 Å². The molecule has 0 heterocycles. The van der Waals surface area contributed by atoms with Gasteiger partial charge in [-0.05, 0) is 25.0 Å². The van der Waals surface area contributed by atoms with E-state index < -0.39 is 0 Å². The predicted octanol–water partition coefficient (Wildman–Crippen LogP) is 6.42. The molecule has 0 saturated heterocycles. The van der Waals surface area contributed by atoms with Gasteiger partial charge >= 0.3 is 0 Å². The lowest BCUT2D eigenvalue weighted by Gasteiger charge is -1.99. The second-order valence-electron chi connectivity index (χ2n) is 3.04. The molecule has 18 heavy (non-hydrogen) atoms. The summed E-state index contributed by atoms with van der Waals surface area (Å²) >= 11 is 0. The monoisotopic (exact) mass is 246 g/mol. The van der Waals surface area contributed by atoms with E-state index in [9.17, 15) is 0 Å². The average Bonchev–Trinajstić information content (AvgIpc) is 2.41. The van der Waals surface area contributed by atoms with E-state index in [1.165, 1.54) is 0 Å². The first-order valence-corrected chi connectivity index (χ1v) is 6.60. The highest BCUT2D eigenvalue weighted by Gasteiger charge is 1.92. The molecule has 0 N–H and O–H groups in total. The van der Waals surface area contributed by atoms with Gasteiger partial charge in [0, 0.05) is 0 Å². The summed E-state index contributed by atoms with van der Waals surface area (Å²) in [6.45, 7) is 23.3. The molecule has 0 amide bonds. The maximum absolute atomic E-state index is 3.97. The van der Waals surface area contributed by atoms with E-state index in [0.717, 1.165) is 16.7 Å². The largest absolute Gasteiger partial charge is 0.0991 e. The molecule has 0 saturated carbocycles. The highest BCUT2D eigenvalue weighted by atomic mass is 14.0. The molecule has 0 atom stereocenters. The molecule has 0 spiro atoms. The van der Waals surface area contributed by atoms with Crippen LogP contribution < -0.4 is 0 Å². The van der Waals surface area contributed by atoms with Gasteiger partial charge in [0.15, 0.2) is 0 Å². The molecule has 0 bridgehead atoms. The van der Waals surface area contributed by atoms with Crippen molar-refractivity contribution in [3.8, 4) is 0 Å². The lowest BCUT2D eigenvalue weighted by atomic mass is 10.1. The fraction of sp³-hybridized carbons (Fsp3) is 0.333. The van der Waals surface area contributed by atoms with Gasteiger partial charge in [0.25, 0.3) is 0 Å². The second kappa shape index (κ2) is 17.8. The summed E-state index contributed by atoms with van der Waals surface area (Å²) < 4.78 is 0. The maximum Gasteiger partial charge on any atom is -0.0233 e. The van der Waals surface area contributed by atoms with Crippen LogP contribution in [-0.2, 0) is 0 Å². The van der Waals surface area contributed by atoms with E-state index in [1.54, 1.807) is 6.08 Å². The zero-order valence-corrected chi connectivity index (χ0v) is 13.1. The summed E-state index contributed by atoms with van der Waals surface area (Å²) in [4.78, 5) is 0. The Labute approximate surface area is 115 Å². The van der Waals surface area contributed by atoms with E-state index in [-0.39, 0.29) is 0 Å². The Morgan fingerprint density at radius 1 is 0.889 bits per heavy atom. The van der Waals surface area contributed by atoms with Crippen molar-refractivity contribution in [2.45, 2.75) is 41.5 Å². The van der Waals surface area contributed by atoms with E-state index in [0.29, 0.717) is 0 Å². The zero-order chi connectivity index (χ0) is 15.0. The number of hydrogen-bond acceptors (Lipinski definition) is 0. The van der Waals surface area contributed by atoms with E-state index in [2.05, 4.69) is 19.7 Å². The summed E-state index contributed by atoms with van der Waals surface area (Å²) in [5.74, 6) is 0. The number of allylic oxidation sites excluding steroid dienone is 9. The first-order valence-electron chi connectivity index (χ1n) is 6.60. The van der Waals surface area contributed by atoms with Crippen molar-refractivity contribution in [2.75, 3.05) is 0 Å². The topological polar surface area (TPSA) is 0 Å². The molecule has 0 nitrogen and oxygen atoms in total. The predicted molar refractivity (Wildman–Crippen MR) is 88.9 cm³/mol. The van der Waals surface area contributed by atoms with Crippen molar-refractivity contribution < 1.29 is 0 Å². The molecule has 0 unspecified atom stereocenters. The Hall–Kier alpha value is -1.56. The van der Waals surface area contributed by atoms with Gasteiger partial charge in [-0.3, -0.25) is 0 Å². The Kier molecular flexibility index (Phi) is 21.5. The molecule has 0 aromatic rings. The molecular formula is C18H30. The second-order valence-corrected chi connectivity index (χ2v) is 3.04. The van der Waals surface area contributed by atoms with Gasteiger partial charge in [-0.25, -0.2) is 0 Å². The van der Waals surface area contributed by atoms with Crippen LogP contribution in [0.5, 0.6) is 0 Å². The Morgan fingerprint density at radius 3 is 1.72 bits per heavy atom. The zero-order valence-electron chi connectivity index (χ0n) is 13.1. The van der Waals surface area contributed by atoms with Crippen molar-refractivity contribution in [3.63, 3.8) is 0 Å². The van der Waals surface area contributed by atoms with Crippen molar-refractivity contribution >= 4 is 0 Å². The van der Waals surface area contributed by atoms with Gasteiger partial charge in [-0.2, -0.15) is 0 Å². The van der Waals surface area contributed by atoms with Gasteiger partial charge in [-0.15, -0.1) is 0 Å². The SMILES string of the molecule is C=C/C=C\C(=C/C)C(=C)/C=C\C(=C)C.CC.CC. The van der Waals surface area contributed by atoms with Crippen molar-refractivity contribution in [1.29, 1.82) is 0 Å².